The molecule has 0 aliphatic carbocycles. The van der Waals surface area contributed by atoms with Crippen molar-refractivity contribution in [1.29, 1.82) is 0 Å². The molecule has 0 aromatic carbocycles. The van der Waals surface area contributed by atoms with Gasteiger partial charge in [0, 0.05) is 10.5 Å². The highest BCUT2D eigenvalue weighted by Gasteiger charge is 2.25. The van der Waals surface area contributed by atoms with Gasteiger partial charge in [0.25, 0.3) is 0 Å². The van der Waals surface area contributed by atoms with Gasteiger partial charge in [0.05, 0.1) is 0 Å². The maximum absolute atomic E-state index is 2.33. The SMILES string of the molecule is C[C@H](SS[C@H](C)C(C)(C)C)C(C)(C)C. The normalized spacial score (nSPS) is 18.0. The van der Waals surface area contributed by atoms with Gasteiger partial charge in [-0.15, -0.1) is 0 Å². The largest absolute Gasteiger partial charge is 0.0902 e. The third-order valence-electron chi connectivity index (χ3n) is 2.78. The zero-order chi connectivity index (χ0) is 11.6. The Balaban J connectivity index is 3.96. The summed E-state index contributed by atoms with van der Waals surface area (Å²) in [5.74, 6) is 0. The summed E-state index contributed by atoms with van der Waals surface area (Å²) in [4.78, 5) is 0. The van der Waals surface area contributed by atoms with Crippen molar-refractivity contribution < 1.29 is 0 Å². The first-order chi connectivity index (χ1) is 6.05. The molecular formula is C12H26S2. The molecule has 0 amide bonds. The minimum absolute atomic E-state index is 0.412. The van der Waals surface area contributed by atoms with Crippen LogP contribution in [0.5, 0.6) is 0 Å². The van der Waals surface area contributed by atoms with Crippen LogP contribution in [-0.2, 0) is 0 Å². The molecule has 0 rings (SSSR count). The van der Waals surface area contributed by atoms with E-state index >= 15 is 0 Å². The van der Waals surface area contributed by atoms with Crippen molar-refractivity contribution in [2.45, 2.75) is 65.9 Å². The summed E-state index contributed by atoms with van der Waals surface area (Å²) in [6.07, 6.45) is 0. The van der Waals surface area contributed by atoms with E-state index in [2.05, 4.69) is 55.4 Å². The molecule has 0 aliphatic rings. The Kier molecular flexibility index (Phi) is 5.41. The monoisotopic (exact) mass is 234 g/mol. The van der Waals surface area contributed by atoms with Crippen LogP contribution < -0.4 is 0 Å². The molecule has 0 aromatic rings. The van der Waals surface area contributed by atoms with Crippen LogP contribution in [0.4, 0.5) is 0 Å². The van der Waals surface area contributed by atoms with Gasteiger partial charge in [-0.3, -0.25) is 0 Å². The molecule has 0 aromatic heterocycles. The number of hydrogen-bond donors (Lipinski definition) is 0. The number of hydrogen-bond acceptors (Lipinski definition) is 2. The zero-order valence-corrected chi connectivity index (χ0v) is 12.6. The summed E-state index contributed by atoms with van der Waals surface area (Å²) in [5, 5.41) is 1.41. The lowest BCUT2D eigenvalue weighted by Crippen LogP contribution is -2.22. The van der Waals surface area contributed by atoms with Gasteiger partial charge in [-0.25, -0.2) is 0 Å². The Morgan fingerprint density at radius 1 is 0.643 bits per heavy atom. The second-order valence-corrected chi connectivity index (χ2v) is 9.16. The second kappa shape index (κ2) is 5.16. The van der Waals surface area contributed by atoms with Crippen LogP contribution in [0.3, 0.4) is 0 Å². The van der Waals surface area contributed by atoms with Crippen LogP contribution in [0.1, 0.15) is 55.4 Å². The summed E-state index contributed by atoms with van der Waals surface area (Å²) in [6, 6.07) is 0. The van der Waals surface area contributed by atoms with Crippen LogP contribution >= 0.6 is 21.6 Å². The van der Waals surface area contributed by atoms with Gasteiger partial charge in [0.1, 0.15) is 0 Å². The predicted octanol–water partition coefficient (Wildman–Crippen LogP) is 5.24. The maximum Gasteiger partial charge on any atom is 0.0171 e. The van der Waals surface area contributed by atoms with E-state index in [1.807, 2.05) is 21.6 Å². The van der Waals surface area contributed by atoms with Gasteiger partial charge in [-0.2, -0.15) is 0 Å². The first-order valence-electron chi connectivity index (χ1n) is 5.37. The molecule has 0 heterocycles. The Labute approximate surface area is 98.4 Å². The fourth-order valence-electron chi connectivity index (χ4n) is 0.455. The third kappa shape index (κ3) is 5.55. The quantitative estimate of drug-likeness (QED) is 0.613. The van der Waals surface area contributed by atoms with E-state index in [9.17, 15) is 0 Å². The minimum Gasteiger partial charge on any atom is -0.0902 e. The van der Waals surface area contributed by atoms with Crippen LogP contribution in [0.2, 0.25) is 0 Å². The predicted molar refractivity (Wildman–Crippen MR) is 73.0 cm³/mol. The highest BCUT2D eigenvalue weighted by Crippen LogP contribution is 2.43. The fourth-order valence-corrected chi connectivity index (χ4v) is 4.10. The van der Waals surface area contributed by atoms with Crippen molar-refractivity contribution in [2.75, 3.05) is 0 Å². The van der Waals surface area contributed by atoms with E-state index in [4.69, 9.17) is 0 Å². The molecule has 0 aliphatic heterocycles. The van der Waals surface area contributed by atoms with Gasteiger partial charge in [0.15, 0.2) is 0 Å². The molecule has 14 heavy (non-hydrogen) atoms. The van der Waals surface area contributed by atoms with Crippen molar-refractivity contribution >= 4 is 21.6 Å². The minimum atomic E-state index is 0.412. The summed E-state index contributed by atoms with van der Waals surface area (Å²) in [5.41, 5.74) is 0.824. The molecule has 86 valence electrons. The van der Waals surface area contributed by atoms with Crippen molar-refractivity contribution in [3.05, 3.63) is 0 Å². The van der Waals surface area contributed by atoms with Crippen molar-refractivity contribution in [1.82, 2.24) is 0 Å². The van der Waals surface area contributed by atoms with Gasteiger partial charge in [-0.05, 0) is 10.8 Å². The van der Waals surface area contributed by atoms with Crippen LogP contribution in [0, 0.1) is 10.8 Å². The molecule has 2 atom stereocenters. The molecule has 2 heteroatoms. The van der Waals surface area contributed by atoms with Crippen molar-refractivity contribution in [2.24, 2.45) is 10.8 Å². The lowest BCUT2D eigenvalue weighted by atomic mass is 9.93. The summed E-state index contributed by atoms with van der Waals surface area (Å²) < 4.78 is 0. The third-order valence-corrected chi connectivity index (χ3v) is 6.95. The van der Waals surface area contributed by atoms with E-state index in [1.54, 1.807) is 0 Å². The first kappa shape index (κ1) is 14.7. The molecule has 0 saturated carbocycles. The van der Waals surface area contributed by atoms with E-state index in [1.165, 1.54) is 0 Å². The van der Waals surface area contributed by atoms with Crippen molar-refractivity contribution in [3.8, 4) is 0 Å². The average molecular weight is 234 g/mol. The topological polar surface area (TPSA) is 0 Å². The summed E-state index contributed by atoms with van der Waals surface area (Å²) >= 11 is 0. The Morgan fingerprint density at radius 3 is 1.00 bits per heavy atom. The Hall–Kier alpha value is 0.700. The standard InChI is InChI=1S/C12H26S2/c1-9(11(3,4)5)13-14-10(2)12(6,7)8/h9-10H,1-8H3/t9-,10+. The van der Waals surface area contributed by atoms with Crippen LogP contribution in [-0.4, -0.2) is 10.5 Å². The van der Waals surface area contributed by atoms with Crippen LogP contribution in [0.25, 0.3) is 0 Å². The molecular weight excluding hydrogens is 208 g/mol. The first-order valence-corrected chi connectivity index (χ1v) is 7.65. The van der Waals surface area contributed by atoms with E-state index in [-0.39, 0.29) is 0 Å². The smallest absolute Gasteiger partial charge is 0.0171 e. The lowest BCUT2D eigenvalue weighted by molar-refractivity contribution is 0.409. The Bertz CT molecular complexity index is 142. The molecule has 0 nitrogen and oxygen atoms in total. The molecule has 0 fully saturated rings. The molecule has 0 unspecified atom stereocenters. The summed E-state index contributed by atoms with van der Waals surface area (Å²) in [6.45, 7) is 18.5. The van der Waals surface area contributed by atoms with E-state index < -0.39 is 0 Å². The Morgan fingerprint density at radius 2 is 0.857 bits per heavy atom. The highest BCUT2D eigenvalue weighted by atomic mass is 33.1. The molecule has 0 N–H and O–H groups in total. The number of rotatable bonds is 3. The van der Waals surface area contributed by atoms with Gasteiger partial charge >= 0.3 is 0 Å². The lowest BCUT2D eigenvalue weighted by Gasteiger charge is -2.31. The molecule has 0 spiro atoms. The van der Waals surface area contributed by atoms with Gasteiger partial charge in [0.2, 0.25) is 0 Å². The fraction of sp³-hybridized carbons (Fsp3) is 1.00. The average Bonchev–Trinajstić information content (AvgIpc) is 1.95. The van der Waals surface area contributed by atoms with Crippen LogP contribution in [0.15, 0.2) is 0 Å². The van der Waals surface area contributed by atoms with E-state index in [0.29, 0.717) is 21.3 Å². The van der Waals surface area contributed by atoms with Crippen molar-refractivity contribution in [3.63, 3.8) is 0 Å². The highest BCUT2D eigenvalue weighted by molar-refractivity contribution is 8.77. The zero-order valence-electron chi connectivity index (χ0n) is 11.0. The van der Waals surface area contributed by atoms with Gasteiger partial charge < -0.3 is 0 Å². The maximum atomic E-state index is 2.33. The molecule has 0 saturated heterocycles. The molecule has 0 bridgehead atoms. The van der Waals surface area contributed by atoms with Gasteiger partial charge in [-0.1, -0.05) is 77.0 Å². The summed E-state index contributed by atoms with van der Waals surface area (Å²) in [7, 11) is 4.07. The molecule has 0 radical (unpaired) electrons. The second-order valence-electron chi connectivity index (χ2n) is 6.21. The van der Waals surface area contributed by atoms with E-state index in [0.717, 1.165) is 0 Å².